The Hall–Kier alpha value is -1.07. The number of hydrogen-bond acceptors (Lipinski definition) is 2. The van der Waals surface area contributed by atoms with Crippen molar-refractivity contribution in [3.63, 3.8) is 0 Å². The van der Waals surface area contributed by atoms with Crippen LogP contribution < -0.4 is 5.32 Å². The molecule has 3 rings (SSSR count). The van der Waals surface area contributed by atoms with Gasteiger partial charge in [0.25, 0.3) is 5.91 Å². The van der Waals surface area contributed by atoms with Gasteiger partial charge in [0.05, 0.1) is 0 Å². The molecule has 2 fully saturated rings. The van der Waals surface area contributed by atoms with Crippen molar-refractivity contribution in [2.24, 2.45) is 0 Å². The first-order chi connectivity index (χ1) is 10.0. The Morgan fingerprint density at radius 2 is 1.95 bits per heavy atom. The summed E-state index contributed by atoms with van der Waals surface area (Å²) in [6.45, 7) is 0.365. The molecule has 3 amide bonds. The minimum Gasteiger partial charge on any atom is -0.305 e. The highest BCUT2D eigenvalue weighted by molar-refractivity contribution is 9.10. The lowest BCUT2D eigenvalue weighted by Gasteiger charge is -2.38. The van der Waals surface area contributed by atoms with E-state index in [4.69, 9.17) is 11.6 Å². The number of hydrogen-bond donors (Lipinski definition) is 1. The van der Waals surface area contributed by atoms with Gasteiger partial charge in [-0.25, -0.2) is 4.79 Å². The molecule has 1 spiro atoms. The van der Waals surface area contributed by atoms with Crippen molar-refractivity contribution in [3.8, 4) is 0 Å². The molecule has 1 N–H and O–H groups in total. The Morgan fingerprint density at radius 1 is 1.24 bits per heavy atom. The fraction of sp³-hybridized carbons (Fsp3) is 0.467. The summed E-state index contributed by atoms with van der Waals surface area (Å²) in [7, 11) is 0. The van der Waals surface area contributed by atoms with Crippen LogP contribution in [0.25, 0.3) is 0 Å². The molecule has 21 heavy (non-hydrogen) atoms. The van der Waals surface area contributed by atoms with E-state index < -0.39 is 5.54 Å². The minimum absolute atomic E-state index is 0.152. The number of rotatable bonds is 2. The van der Waals surface area contributed by atoms with Gasteiger partial charge >= 0.3 is 6.03 Å². The monoisotopic (exact) mass is 370 g/mol. The molecule has 1 aromatic carbocycles. The molecule has 0 bridgehead atoms. The Labute approximate surface area is 137 Å². The summed E-state index contributed by atoms with van der Waals surface area (Å²) in [6, 6.07) is 5.28. The van der Waals surface area contributed by atoms with Gasteiger partial charge < -0.3 is 4.90 Å². The van der Waals surface area contributed by atoms with Crippen molar-refractivity contribution in [3.05, 3.63) is 33.3 Å². The van der Waals surface area contributed by atoms with Crippen LogP contribution in [0.5, 0.6) is 0 Å². The maximum Gasteiger partial charge on any atom is 0.325 e. The van der Waals surface area contributed by atoms with Crippen molar-refractivity contribution in [2.45, 2.75) is 44.2 Å². The number of amides is 3. The third kappa shape index (κ3) is 2.57. The largest absolute Gasteiger partial charge is 0.325 e. The molecule has 1 heterocycles. The molecule has 1 saturated heterocycles. The Morgan fingerprint density at radius 3 is 2.62 bits per heavy atom. The lowest BCUT2D eigenvalue weighted by Crippen LogP contribution is -2.50. The molecule has 1 aromatic rings. The van der Waals surface area contributed by atoms with E-state index >= 15 is 0 Å². The second-order valence-corrected chi connectivity index (χ2v) is 7.00. The highest BCUT2D eigenvalue weighted by Gasteiger charge is 2.52. The lowest BCUT2D eigenvalue weighted by atomic mass is 9.80. The van der Waals surface area contributed by atoms with Crippen molar-refractivity contribution < 1.29 is 9.59 Å². The van der Waals surface area contributed by atoms with Crippen LogP contribution in [0, 0.1) is 0 Å². The first-order valence-corrected chi connectivity index (χ1v) is 8.27. The number of halogens is 2. The molecular formula is C15H16BrClN2O2. The van der Waals surface area contributed by atoms with E-state index in [-0.39, 0.29) is 11.9 Å². The van der Waals surface area contributed by atoms with Gasteiger partial charge in [-0.05, 0) is 30.5 Å². The average molecular weight is 372 g/mol. The van der Waals surface area contributed by atoms with E-state index in [1.54, 1.807) is 11.0 Å². The maximum absolute atomic E-state index is 12.3. The Bertz CT molecular complexity index is 599. The summed E-state index contributed by atoms with van der Waals surface area (Å²) in [6.07, 6.45) is 4.55. The smallest absolute Gasteiger partial charge is 0.305 e. The van der Waals surface area contributed by atoms with Gasteiger partial charge in [-0.15, -0.1) is 0 Å². The van der Waals surface area contributed by atoms with E-state index in [2.05, 4.69) is 21.2 Å². The lowest BCUT2D eigenvalue weighted by molar-refractivity contribution is -0.128. The predicted molar refractivity (Wildman–Crippen MR) is 84.0 cm³/mol. The zero-order chi connectivity index (χ0) is 15.0. The van der Waals surface area contributed by atoms with Crippen LogP contribution in [-0.4, -0.2) is 22.4 Å². The third-order valence-corrected chi connectivity index (χ3v) is 5.27. The molecule has 4 nitrogen and oxygen atoms in total. The Balaban J connectivity index is 1.91. The van der Waals surface area contributed by atoms with Crippen LogP contribution in [0.2, 0.25) is 5.02 Å². The van der Waals surface area contributed by atoms with Crippen molar-refractivity contribution in [2.75, 3.05) is 0 Å². The highest BCUT2D eigenvalue weighted by Crippen LogP contribution is 2.38. The predicted octanol–water partition coefficient (Wildman–Crippen LogP) is 3.86. The molecule has 112 valence electrons. The molecule has 6 heteroatoms. The number of imide groups is 1. The fourth-order valence-corrected chi connectivity index (χ4v) is 4.01. The highest BCUT2D eigenvalue weighted by atomic mass is 79.9. The molecule has 0 radical (unpaired) electrons. The second-order valence-electron chi connectivity index (χ2n) is 5.67. The zero-order valence-corrected chi connectivity index (χ0v) is 13.8. The van der Waals surface area contributed by atoms with Crippen molar-refractivity contribution >= 4 is 39.5 Å². The van der Waals surface area contributed by atoms with Crippen LogP contribution in [0.1, 0.15) is 37.7 Å². The van der Waals surface area contributed by atoms with Crippen LogP contribution in [0.3, 0.4) is 0 Å². The molecular weight excluding hydrogens is 356 g/mol. The molecule has 0 unspecified atom stereocenters. The molecule has 1 aliphatic carbocycles. The maximum atomic E-state index is 12.3. The van der Waals surface area contributed by atoms with Gasteiger partial charge in [0.15, 0.2) is 0 Å². The van der Waals surface area contributed by atoms with E-state index in [0.717, 1.165) is 42.1 Å². The molecule has 2 aliphatic rings. The first kappa shape index (κ1) is 14.9. The van der Waals surface area contributed by atoms with Gasteiger partial charge in [0, 0.05) is 16.0 Å². The van der Waals surface area contributed by atoms with Crippen LogP contribution in [0.4, 0.5) is 4.79 Å². The summed E-state index contributed by atoms with van der Waals surface area (Å²) >= 11 is 9.62. The molecule has 1 saturated carbocycles. The number of benzene rings is 1. The van der Waals surface area contributed by atoms with Crippen LogP contribution >= 0.6 is 27.5 Å². The fourth-order valence-electron chi connectivity index (χ4n) is 3.27. The number of nitrogens with zero attached hydrogens (tertiary/aromatic N) is 1. The summed E-state index contributed by atoms with van der Waals surface area (Å²) in [5.74, 6) is -0.152. The van der Waals surface area contributed by atoms with Crippen LogP contribution in [0.15, 0.2) is 22.7 Å². The average Bonchev–Trinajstić information content (AvgIpc) is 2.67. The van der Waals surface area contributed by atoms with Crippen molar-refractivity contribution in [1.82, 2.24) is 10.2 Å². The summed E-state index contributed by atoms with van der Waals surface area (Å²) in [5.41, 5.74) is 0.181. The van der Waals surface area contributed by atoms with Gasteiger partial charge in [0.2, 0.25) is 0 Å². The van der Waals surface area contributed by atoms with Gasteiger partial charge in [-0.1, -0.05) is 52.9 Å². The molecule has 0 atom stereocenters. The van der Waals surface area contributed by atoms with E-state index in [1.165, 1.54) is 0 Å². The topological polar surface area (TPSA) is 49.4 Å². The molecule has 0 aromatic heterocycles. The minimum atomic E-state index is -0.675. The number of urea groups is 1. The van der Waals surface area contributed by atoms with Gasteiger partial charge in [-0.2, -0.15) is 0 Å². The standard InChI is InChI=1S/C15H16BrClN2O2/c16-11-5-4-10(12(17)8-11)9-19-14(21)18-13(20)15(19)6-2-1-3-7-15/h4-5,8H,1-3,6-7,9H2,(H,18,20,21). The normalized spacial score (nSPS) is 21.0. The number of nitrogens with one attached hydrogen (secondary N) is 1. The van der Waals surface area contributed by atoms with E-state index in [9.17, 15) is 9.59 Å². The van der Waals surface area contributed by atoms with Gasteiger partial charge in [0.1, 0.15) is 5.54 Å². The molecule has 1 aliphatic heterocycles. The second kappa shape index (κ2) is 5.61. The van der Waals surface area contributed by atoms with E-state index in [1.807, 2.05) is 12.1 Å². The SMILES string of the molecule is O=C1NC(=O)C2(CCCCC2)N1Cc1ccc(Br)cc1Cl. The Kier molecular flexibility index (Phi) is 3.97. The first-order valence-electron chi connectivity index (χ1n) is 7.10. The van der Waals surface area contributed by atoms with Crippen LogP contribution in [-0.2, 0) is 11.3 Å². The number of carbonyl (C=O) groups excluding carboxylic acids is 2. The van der Waals surface area contributed by atoms with Gasteiger partial charge in [-0.3, -0.25) is 10.1 Å². The summed E-state index contributed by atoms with van der Waals surface area (Å²) < 4.78 is 0.894. The zero-order valence-electron chi connectivity index (χ0n) is 11.5. The quantitative estimate of drug-likeness (QED) is 0.803. The summed E-state index contributed by atoms with van der Waals surface area (Å²) in [5, 5.41) is 3.07. The van der Waals surface area contributed by atoms with E-state index in [0.29, 0.717) is 11.6 Å². The summed E-state index contributed by atoms with van der Waals surface area (Å²) in [4.78, 5) is 26.1. The third-order valence-electron chi connectivity index (χ3n) is 4.43. The van der Waals surface area contributed by atoms with Crippen molar-refractivity contribution in [1.29, 1.82) is 0 Å². The number of carbonyl (C=O) groups is 2.